The van der Waals surface area contributed by atoms with Gasteiger partial charge in [-0.2, -0.15) is 0 Å². The lowest BCUT2D eigenvalue weighted by Crippen LogP contribution is -2.30. The molecule has 14 heavy (non-hydrogen) atoms. The summed E-state index contributed by atoms with van der Waals surface area (Å²) in [4.78, 5) is 0. The molecule has 1 N–H and O–H groups in total. The van der Waals surface area contributed by atoms with Gasteiger partial charge in [0.05, 0.1) is 5.02 Å². The summed E-state index contributed by atoms with van der Waals surface area (Å²) in [6, 6.07) is 7.90. The van der Waals surface area contributed by atoms with Crippen LogP contribution < -0.4 is 10.1 Å². The summed E-state index contributed by atoms with van der Waals surface area (Å²) in [5.41, 5.74) is 0. The van der Waals surface area contributed by atoms with Gasteiger partial charge >= 0.3 is 0 Å². The topological polar surface area (TPSA) is 21.3 Å². The average molecular weight is 214 g/mol. The first-order valence-electron chi connectivity index (χ1n) is 4.82. The van der Waals surface area contributed by atoms with Crippen LogP contribution in [0.25, 0.3) is 0 Å². The van der Waals surface area contributed by atoms with Crippen LogP contribution in [0.3, 0.4) is 0 Å². The lowest BCUT2D eigenvalue weighted by molar-refractivity contribution is 0.267. The third kappa shape index (κ3) is 3.20. The SMILES string of the molecule is CCC(COc1ccccc1Cl)NC. The van der Waals surface area contributed by atoms with Crippen molar-refractivity contribution in [1.29, 1.82) is 0 Å². The van der Waals surface area contributed by atoms with Gasteiger partial charge in [-0.25, -0.2) is 0 Å². The standard InChI is InChI=1S/C11H16ClNO/c1-3-9(13-2)8-14-11-7-5-4-6-10(11)12/h4-7,9,13H,3,8H2,1-2H3. The summed E-state index contributed by atoms with van der Waals surface area (Å²) in [6.45, 7) is 2.77. The van der Waals surface area contributed by atoms with E-state index in [0.29, 0.717) is 17.7 Å². The van der Waals surface area contributed by atoms with Crippen molar-refractivity contribution in [2.24, 2.45) is 0 Å². The van der Waals surface area contributed by atoms with E-state index < -0.39 is 0 Å². The normalized spacial score (nSPS) is 12.5. The molecule has 3 heteroatoms. The molecule has 0 heterocycles. The van der Waals surface area contributed by atoms with Crippen molar-refractivity contribution in [1.82, 2.24) is 5.32 Å². The number of halogens is 1. The molecule has 0 saturated carbocycles. The number of ether oxygens (including phenoxy) is 1. The highest BCUT2D eigenvalue weighted by Gasteiger charge is 2.05. The molecule has 2 nitrogen and oxygen atoms in total. The highest BCUT2D eigenvalue weighted by atomic mass is 35.5. The van der Waals surface area contributed by atoms with Gasteiger partial charge in [0.1, 0.15) is 12.4 Å². The smallest absolute Gasteiger partial charge is 0.137 e. The van der Waals surface area contributed by atoms with Gasteiger partial charge in [0.25, 0.3) is 0 Å². The maximum Gasteiger partial charge on any atom is 0.137 e. The van der Waals surface area contributed by atoms with Gasteiger partial charge in [-0.1, -0.05) is 30.7 Å². The molecule has 1 unspecified atom stereocenters. The van der Waals surface area contributed by atoms with E-state index in [0.717, 1.165) is 12.2 Å². The molecule has 0 aliphatic carbocycles. The Bertz CT molecular complexity index is 274. The molecule has 1 atom stereocenters. The van der Waals surface area contributed by atoms with Gasteiger partial charge in [0.2, 0.25) is 0 Å². The second-order valence-electron chi connectivity index (χ2n) is 3.14. The lowest BCUT2D eigenvalue weighted by atomic mass is 10.2. The maximum atomic E-state index is 5.95. The molecule has 78 valence electrons. The summed E-state index contributed by atoms with van der Waals surface area (Å²) in [6.07, 6.45) is 1.04. The summed E-state index contributed by atoms with van der Waals surface area (Å²) >= 11 is 5.95. The molecule has 0 aromatic heterocycles. The second kappa shape index (κ2) is 5.89. The van der Waals surface area contributed by atoms with Crippen LogP contribution in [-0.2, 0) is 0 Å². The molecule has 0 bridgehead atoms. The van der Waals surface area contributed by atoms with Crippen molar-refractivity contribution in [3.05, 3.63) is 29.3 Å². The third-order valence-corrected chi connectivity index (χ3v) is 2.49. The second-order valence-corrected chi connectivity index (χ2v) is 3.54. The molecule has 0 aliphatic rings. The van der Waals surface area contributed by atoms with E-state index >= 15 is 0 Å². The van der Waals surface area contributed by atoms with Crippen molar-refractivity contribution in [3.63, 3.8) is 0 Å². The quantitative estimate of drug-likeness (QED) is 0.812. The van der Waals surface area contributed by atoms with Crippen LogP contribution >= 0.6 is 11.6 Å². The number of likely N-dealkylation sites (N-methyl/N-ethyl adjacent to an activating group) is 1. The molecule has 0 amide bonds. The molecular formula is C11H16ClNO. The summed E-state index contributed by atoms with van der Waals surface area (Å²) < 4.78 is 5.59. The first-order chi connectivity index (χ1) is 6.77. The minimum absolute atomic E-state index is 0.381. The largest absolute Gasteiger partial charge is 0.490 e. The van der Waals surface area contributed by atoms with Crippen molar-refractivity contribution in [2.45, 2.75) is 19.4 Å². The number of hydrogen-bond acceptors (Lipinski definition) is 2. The zero-order valence-corrected chi connectivity index (χ0v) is 9.34. The Balaban J connectivity index is 2.49. The number of hydrogen-bond donors (Lipinski definition) is 1. The van der Waals surface area contributed by atoms with Gasteiger partial charge < -0.3 is 10.1 Å². The Morgan fingerprint density at radius 1 is 1.43 bits per heavy atom. The van der Waals surface area contributed by atoms with Crippen LogP contribution in [0.4, 0.5) is 0 Å². The average Bonchev–Trinajstić information content (AvgIpc) is 2.22. The molecule has 0 radical (unpaired) electrons. The summed E-state index contributed by atoms with van der Waals surface area (Å²) in [5, 5.41) is 3.84. The van der Waals surface area contributed by atoms with Gasteiger partial charge in [0.15, 0.2) is 0 Å². The van der Waals surface area contributed by atoms with E-state index in [1.54, 1.807) is 0 Å². The number of rotatable bonds is 5. The van der Waals surface area contributed by atoms with Crippen LogP contribution in [0.5, 0.6) is 5.75 Å². The summed E-state index contributed by atoms with van der Waals surface area (Å²) in [7, 11) is 1.93. The fourth-order valence-corrected chi connectivity index (χ4v) is 1.35. The predicted octanol–water partition coefficient (Wildman–Crippen LogP) is 2.72. The zero-order chi connectivity index (χ0) is 10.4. The number of benzene rings is 1. The molecular weight excluding hydrogens is 198 g/mol. The van der Waals surface area contributed by atoms with Gasteiger partial charge in [0, 0.05) is 6.04 Å². The Morgan fingerprint density at radius 2 is 2.14 bits per heavy atom. The van der Waals surface area contributed by atoms with E-state index in [2.05, 4.69) is 12.2 Å². The Kier molecular flexibility index (Phi) is 4.77. The van der Waals surface area contributed by atoms with E-state index in [-0.39, 0.29) is 0 Å². The van der Waals surface area contributed by atoms with E-state index in [4.69, 9.17) is 16.3 Å². The van der Waals surface area contributed by atoms with Gasteiger partial charge in [-0.15, -0.1) is 0 Å². The molecule has 0 aliphatic heterocycles. The van der Waals surface area contributed by atoms with Crippen molar-refractivity contribution < 1.29 is 4.74 Å². The highest BCUT2D eigenvalue weighted by Crippen LogP contribution is 2.23. The first-order valence-corrected chi connectivity index (χ1v) is 5.20. The van der Waals surface area contributed by atoms with E-state index in [1.165, 1.54) is 0 Å². The van der Waals surface area contributed by atoms with Gasteiger partial charge in [-0.3, -0.25) is 0 Å². The van der Waals surface area contributed by atoms with Crippen LogP contribution in [0.15, 0.2) is 24.3 Å². The maximum absolute atomic E-state index is 5.95. The Morgan fingerprint density at radius 3 is 2.71 bits per heavy atom. The van der Waals surface area contributed by atoms with Crippen LogP contribution in [0.1, 0.15) is 13.3 Å². The Labute approximate surface area is 90.2 Å². The van der Waals surface area contributed by atoms with Crippen LogP contribution in [0.2, 0.25) is 5.02 Å². The van der Waals surface area contributed by atoms with Crippen molar-refractivity contribution in [2.75, 3.05) is 13.7 Å². The molecule has 1 aromatic carbocycles. The monoisotopic (exact) mass is 213 g/mol. The van der Waals surface area contributed by atoms with E-state index in [9.17, 15) is 0 Å². The predicted molar refractivity (Wildman–Crippen MR) is 60.1 cm³/mol. The zero-order valence-electron chi connectivity index (χ0n) is 8.59. The number of nitrogens with one attached hydrogen (secondary N) is 1. The van der Waals surface area contributed by atoms with Crippen molar-refractivity contribution >= 4 is 11.6 Å². The first kappa shape index (κ1) is 11.3. The number of para-hydroxylation sites is 1. The van der Waals surface area contributed by atoms with Crippen LogP contribution in [-0.4, -0.2) is 19.7 Å². The molecule has 0 spiro atoms. The molecule has 0 fully saturated rings. The molecule has 1 aromatic rings. The van der Waals surface area contributed by atoms with E-state index in [1.807, 2.05) is 31.3 Å². The van der Waals surface area contributed by atoms with Crippen LogP contribution in [0, 0.1) is 0 Å². The van der Waals surface area contributed by atoms with Crippen molar-refractivity contribution in [3.8, 4) is 5.75 Å². The fourth-order valence-electron chi connectivity index (χ4n) is 1.16. The summed E-state index contributed by atoms with van der Waals surface area (Å²) in [5.74, 6) is 0.753. The third-order valence-electron chi connectivity index (χ3n) is 2.18. The minimum atomic E-state index is 0.381. The molecule has 0 saturated heterocycles. The highest BCUT2D eigenvalue weighted by molar-refractivity contribution is 6.32. The molecule has 1 rings (SSSR count). The Hall–Kier alpha value is -0.730. The lowest BCUT2D eigenvalue weighted by Gasteiger charge is -2.15. The van der Waals surface area contributed by atoms with Gasteiger partial charge in [-0.05, 0) is 25.6 Å². The minimum Gasteiger partial charge on any atom is -0.490 e. The fraction of sp³-hybridized carbons (Fsp3) is 0.455.